The van der Waals surface area contributed by atoms with E-state index in [9.17, 15) is 9.18 Å². The fourth-order valence-corrected chi connectivity index (χ4v) is 2.95. The van der Waals surface area contributed by atoms with Crippen LogP contribution in [0.1, 0.15) is 12.8 Å². The van der Waals surface area contributed by atoms with Crippen LogP contribution in [0, 0.1) is 5.82 Å². The number of rotatable bonds is 6. The van der Waals surface area contributed by atoms with Crippen molar-refractivity contribution >= 4 is 39.3 Å². The van der Waals surface area contributed by atoms with Gasteiger partial charge in [-0.05, 0) is 42.5 Å². The zero-order valence-corrected chi connectivity index (χ0v) is 13.7. The maximum atomic E-state index is 13.6. The van der Waals surface area contributed by atoms with Crippen molar-refractivity contribution in [2.75, 3.05) is 11.1 Å². The van der Waals surface area contributed by atoms with E-state index in [-0.39, 0.29) is 11.6 Å². The van der Waals surface area contributed by atoms with E-state index in [4.69, 9.17) is 0 Å². The van der Waals surface area contributed by atoms with Crippen LogP contribution in [-0.4, -0.2) is 11.7 Å². The van der Waals surface area contributed by atoms with Gasteiger partial charge in [-0.3, -0.25) is 4.79 Å². The summed E-state index contributed by atoms with van der Waals surface area (Å²) in [6.45, 7) is 0. The van der Waals surface area contributed by atoms with Crippen LogP contribution in [0.15, 0.2) is 57.9 Å². The summed E-state index contributed by atoms with van der Waals surface area (Å²) in [5.74, 6) is 0.265. The van der Waals surface area contributed by atoms with Gasteiger partial charge < -0.3 is 5.32 Å². The van der Waals surface area contributed by atoms with Crippen LogP contribution in [-0.2, 0) is 4.79 Å². The number of carbonyl (C=O) groups excluding carboxylic acids is 1. The maximum Gasteiger partial charge on any atom is 0.224 e. The Morgan fingerprint density at radius 1 is 1.19 bits per heavy atom. The van der Waals surface area contributed by atoms with E-state index < -0.39 is 5.82 Å². The lowest BCUT2D eigenvalue weighted by atomic mass is 10.2. The van der Waals surface area contributed by atoms with Gasteiger partial charge in [0.1, 0.15) is 5.82 Å². The minimum atomic E-state index is -0.434. The molecule has 1 amide bonds. The molecule has 110 valence electrons. The molecule has 0 spiro atoms. The molecular weight excluding hydrogens is 353 g/mol. The van der Waals surface area contributed by atoms with Crippen molar-refractivity contribution in [3.8, 4) is 0 Å². The molecule has 0 aliphatic heterocycles. The van der Waals surface area contributed by atoms with Gasteiger partial charge in [0.05, 0.1) is 5.69 Å². The molecule has 2 rings (SSSR count). The number of hydrogen-bond acceptors (Lipinski definition) is 2. The second-order valence-electron chi connectivity index (χ2n) is 4.44. The average Bonchev–Trinajstić information content (AvgIpc) is 2.48. The molecule has 0 atom stereocenters. The Balaban J connectivity index is 1.72. The van der Waals surface area contributed by atoms with E-state index in [0.717, 1.165) is 12.2 Å². The standard InChI is InChI=1S/C16H15BrFNOS/c17-12-8-9-15(14(18)11-12)19-16(20)7-4-10-21-13-5-2-1-3-6-13/h1-3,5-6,8-9,11H,4,7,10H2,(H,19,20). The van der Waals surface area contributed by atoms with Crippen LogP contribution in [0.25, 0.3) is 0 Å². The Hall–Kier alpha value is -1.33. The van der Waals surface area contributed by atoms with Crippen LogP contribution >= 0.6 is 27.7 Å². The molecule has 5 heteroatoms. The fraction of sp³-hybridized carbons (Fsp3) is 0.188. The van der Waals surface area contributed by atoms with E-state index in [1.54, 1.807) is 23.9 Å². The van der Waals surface area contributed by atoms with Crippen LogP contribution in [0.4, 0.5) is 10.1 Å². The second-order valence-corrected chi connectivity index (χ2v) is 6.52. The van der Waals surface area contributed by atoms with Crippen molar-refractivity contribution in [3.05, 3.63) is 58.8 Å². The number of anilines is 1. The van der Waals surface area contributed by atoms with Crippen LogP contribution in [0.5, 0.6) is 0 Å². The summed E-state index contributed by atoms with van der Waals surface area (Å²) in [4.78, 5) is 13.0. The summed E-state index contributed by atoms with van der Waals surface area (Å²) in [5, 5.41) is 2.59. The summed E-state index contributed by atoms with van der Waals surface area (Å²) in [6, 6.07) is 14.6. The molecule has 0 aromatic heterocycles. The molecule has 0 saturated carbocycles. The van der Waals surface area contributed by atoms with E-state index >= 15 is 0 Å². The second kappa shape index (κ2) is 8.20. The monoisotopic (exact) mass is 367 g/mol. The average molecular weight is 368 g/mol. The highest BCUT2D eigenvalue weighted by Crippen LogP contribution is 2.21. The van der Waals surface area contributed by atoms with E-state index in [1.165, 1.54) is 11.0 Å². The number of halogens is 2. The van der Waals surface area contributed by atoms with Crippen molar-refractivity contribution < 1.29 is 9.18 Å². The van der Waals surface area contributed by atoms with Crippen molar-refractivity contribution in [1.29, 1.82) is 0 Å². The molecule has 0 aliphatic rings. The molecule has 2 nitrogen and oxygen atoms in total. The lowest BCUT2D eigenvalue weighted by Gasteiger charge is -2.06. The molecule has 0 fully saturated rings. The van der Waals surface area contributed by atoms with Crippen molar-refractivity contribution in [3.63, 3.8) is 0 Å². The third-order valence-corrected chi connectivity index (χ3v) is 4.36. The fourth-order valence-electron chi connectivity index (χ4n) is 1.74. The molecule has 2 aromatic rings. The smallest absolute Gasteiger partial charge is 0.224 e. The number of hydrogen-bond donors (Lipinski definition) is 1. The quantitative estimate of drug-likeness (QED) is 0.568. The Morgan fingerprint density at radius 3 is 2.67 bits per heavy atom. The number of nitrogens with one attached hydrogen (secondary N) is 1. The third-order valence-electron chi connectivity index (χ3n) is 2.77. The van der Waals surface area contributed by atoms with Gasteiger partial charge in [0.2, 0.25) is 5.91 Å². The first-order valence-electron chi connectivity index (χ1n) is 6.58. The minimum absolute atomic E-state index is 0.162. The Kier molecular flexibility index (Phi) is 6.26. The number of amides is 1. The number of thioether (sulfide) groups is 1. The lowest BCUT2D eigenvalue weighted by Crippen LogP contribution is -2.12. The largest absolute Gasteiger partial charge is 0.324 e. The SMILES string of the molecule is O=C(CCCSc1ccccc1)Nc1ccc(Br)cc1F. The zero-order valence-electron chi connectivity index (χ0n) is 11.3. The Labute approximate surface area is 136 Å². The van der Waals surface area contributed by atoms with Gasteiger partial charge in [-0.25, -0.2) is 4.39 Å². The molecule has 0 saturated heterocycles. The molecule has 0 unspecified atom stereocenters. The lowest BCUT2D eigenvalue weighted by molar-refractivity contribution is -0.116. The Bertz CT molecular complexity index is 606. The highest BCUT2D eigenvalue weighted by atomic mass is 79.9. The minimum Gasteiger partial charge on any atom is -0.324 e. The Morgan fingerprint density at radius 2 is 1.95 bits per heavy atom. The van der Waals surface area contributed by atoms with Gasteiger partial charge >= 0.3 is 0 Å². The summed E-state index contributed by atoms with van der Waals surface area (Å²) >= 11 is 4.89. The predicted molar refractivity (Wildman–Crippen MR) is 89.1 cm³/mol. The number of benzene rings is 2. The zero-order chi connectivity index (χ0) is 15.1. The molecule has 0 aliphatic carbocycles. The van der Waals surface area contributed by atoms with Gasteiger partial charge in [-0.2, -0.15) is 0 Å². The van der Waals surface area contributed by atoms with Gasteiger partial charge in [-0.15, -0.1) is 11.8 Å². The first kappa shape index (κ1) is 16.0. The van der Waals surface area contributed by atoms with Crippen molar-refractivity contribution in [2.45, 2.75) is 17.7 Å². The van der Waals surface area contributed by atoms with Crippen molar-refractivity contribution in [1.82, 2.24) is 0 Å². The van der Waals surface area contributed by atoms with Crippen LogP contribution < -0.4 is 5.32 Å². The van der Waals surface area contributed by atoms with Crippen molar-refractivity contribution in [2.24, 2.45) is 0 Å². The van der Waals surface area contributed by atoms with Gasteiger partial charge in [0.25, 0.3) is 0 Å². The van der Waals surface area contributed by atoms with E-state index in [2.05, 4.69) is 21.2 Å². The molecule has 0 heterocycles. The highest BCUT2D eigenvalue weighted by molar-refractivity contribution is 9.10. The number of carbonyl (C=O) groups is 1. The molecule has 2 aromatic carbocycles. The normalized spacial score (nSPS) is 10.4. The summed E-state index contributed by atoms with van der Waals surface area (Å²) in [7, 11) is 0. The molecule has 21 heavy (non-hydrogen) atoms. The predicted octanol–water partition coefficient (Wildman–Crippen LogP) is 5.10. The first-order valence-corrected chi connectivity index (χ1v) is 8.36. The molecule has 0 radical (unpaired) electrons. The molecular formula is C16H15BrFNOS. The van der Waals surface area contributed by atoms with Gasteiger partial charge in [0.15, 0.2) is 0 Å². The summed E-state index contributed by atoms with van der Waals surface area (Å²) < 4.78 is 14.2. The summed E-state index contributed by atoms with van der Waals surface area (Å²) in [6.07, 6.45) is 1.14. The molecule has 0 bridgehead atoms. The topological polar surface area (TPSA) is 29.1 Å². The van der Waals surface area contributed by atoms with Crippen LogP contribution in [0.3, 0.4) is 0 Å². The molecule has 1 N–H and O–H groups in total. The third kappa shape index (κ3) is 5.52. The van der Waals surface area contributed by atoms with Crippen LogP contribution in [0.2, 0.25) is 0 Å². The highest BCUT2D eigenvalue weighted by Gasteiger charge is 2.07. The summed E-state index contributed by atoms with van der Waals surface area (Å²) in [5.41, 5.74) is 0.221. The van der Waals surface area contributed by atoms with Gasteiger partial charge in [-0.1, -0.05) is 34.1 Å². The first-order chi connectivity index (χ1) is 10.1. The van der Waals surface area contributed by atoms with E-state index in [0.29, 0.717) is 10.9 Å². The van der Waals surface area contributed by atoms with E-state index in [1.807, 2.05) is 30.3 Å². The maximum absolute atomic E-state index is 13.6. The van der Waals surface area contributed by atoms with Gasteiger partial charge in [0, 0.05) is 15.8 Å².